The lowest BCUT2D eigenvalue weighted by molar-refractivity contribution is 0.106. The number of likely N-dealkylation sites (tertiary alicyclic amines) is 1. The Morgan fingerprint density at radius 1 is 1.04 bits per heavy atom. The van der Waals surface area contributed by atoms with Crippen LogP contribution < -0.4 is 4.90 Å². The van der Waals surface area contributed by atoms with Crippen LogP contribution in [0.3, 0.4) is 0 Å². The molecule has 1 aliphatic carbocycles. The molecule has 0 N–H and O–H groups in total. The lowest BCUT2D eigenvalue weighted by atomic mass is 9.91. The predicted octanol–water partition coefficient (Wildman–Crippen LogP) is 3.43. The van der Waals surface area contributed by atoms with Gasteiger partial charge in [0.15, 0.2) is 0 Å². The molecule has 2 unspecified atom stereocenters. The first-order chi connectivity index (χ1) is 11.3. The summed E-state index contributed by atoms with van der Waals surface area (Å²) in [5.74, 6) is 0.811. The van der Waals surface area contributed by atoms with Crippen LogP contribution in [0.2, 0.25) is 0 Å². The van der Waals surface area contributed by atoms with E-state index in [1.807, 2.05) is 6.07 Å². The van der Waals surface area contributed by atoms with Crippen molar-refractivity contribution in [3.8, 4) is 0 Å². The van der Waals surface area contributed by atoms with E-state index in [-0.39, 0.29) is 5.82 Å². The number of benzene rings is 1. The Morgan fingerprint density at radius 2 is 1.87 bits per heavy atom. The normalized spacial score (nSPS) is 28.8. The minimum Gasteiger partial charge on any atom is -0.378 e. The van der Waals surface area contributed by atoms with Crippen LogP contribution in [0.25, 0.3) is 0 Å². The Balaban J connectivity index is 1.46. The maximum absolute atomic E-state index is 14.6. The second-order valence-electron chi connectivity index (χ2n) is 7.26. The molecule has 0 spiro atoms. The molecule has 0 amide bonds. The molecule has 2 aliphatic heterocycles. The van der Waals surface area contributed by atoms with Gasteiger partial charge >= 0.3 is 0 Å². The van der Waals surface area contributed by atoms with Crippen molar-refractivity contribution in [2.75, 3.05) is 37.7 Å². The summed E-state index contributed by atoms with van der Waals surface area (Å²) >= 11 is 0. The summed E-state index contributed by atoms with van der Waals surface area (Å²) in [6, 6.07) is 6.58. The van der Waals surface area contributed by atoms with Crippen molar-refractivity contribution >= 4 is 5.69 Å². The van der Waals surface area contributed by atoms with E-state index < -0.39 is 0 Å². The van der Waals surface area contributed by atoms with Gasteiger partial charge in [-0.25, -0.2) is 4.39 Å². The molecule has 2 heterocycles. The van der Waals surface area contributed by atoms with Gasteiger partial charge in [0.25, 0.3) is 0 Å². The second-order valence-corrected chi connectivity index (χ2v) is 7.26. The van der Waals surface area contributed by atoms with Crippen LogP contribution >= 0.6 is 0 Å². The second kappa shape index (κ2) is 6.78. The molecule has 2 atom stereocenters. The summed E-state index contributed by atoms with van der Waals surface area (Å²) in [5.41, 5.74) is 1.85. The summed E-state index contributed by atoms with van der Waals surface area (Å²) in [7, 11) is 0. The lowest BCUT2D eigenvalue weighted by Crippen LogP contribution is -2.41. The molecule has 4 rings (SSSR count). The van der Waals surface area contributed by atoms with E-state index in [2.05, 4.69) is 15.9 Å². The van der Waals surface area contributed by atoms with Crippen LogP contribution in [0.5, 0.6) is 0 Å². The van der Waals surface area contributed by atoms with Crippen LogP contribution in [-0.4, -0.2) is 43.8 Å². The average molecular weight is 318 g/mol. The zero-order chi connectivity index (χ0) is 15.6. The van der Waals surface area contributed by atoms with E-state index in [0.29, 0.717) is 13.2 Å². The fourth-order valence-corrected chi connectivity index (χ4v) is 4.70. The van der Waals surface area contributed by atoms with Gasteiger partial charge in [-0.2, -0.15) is 0 Å². The number of piperidine rings is 1. The van der Waals surface area contributed by atoms with Crippen LogP contribution in [-0.2, 0) is 11.3 Å². The number of hydrogen-bond acceptors (Lipinski definition) is 3. The van der Waals surface area contributed by atoms with E-state index in [0.717, 1.165) is 42.8 Å². The van der Waals surface area contributed by atoms with Crippen molar-refractivity contribution in [3.63, 3.8) is 0 Å². The minimum absolute atomic E-state index is 0.0793. The average Bonchev–Trinajstić information content (AvgIpc) is 3.06. The van der Waals surface area contributed by atoms with Gasteiger partial charge in [-0.1, -0.05) is 12.5 Å². The highest BCUT2D eigenvalue weighted by atomic mass is 19.1. The molecule has 23 heavy (non-hydrogen) atoms. The molecule has 0 bridgehead atoms. The zero-order valence-corrected chi connectivity index (χ0v) is 13.8. The molecule has 2 saturated heterocycles. The van der Waals surface area contributed by atoms with Crippen molar-refractivity contribution < 1.29 is 9.13 Å². The number of rotatable bonds is 3. The number of ether oxygens (including phenoxy) is 1. The maximum Gasteiger partial charge on any atom is 0.146 e. The molecule has 3 nitrogen and oxygen atoms in total. The number of nitrogens with zero attached hydrogens (tertiary/aromatic N) is 2. The van der Waals surface area contributed by atoms with Crippen LogP contribution in [0.4, 0.5) is 10.1 Å². The summed E-state index contributed by atoms with van der Waals surface area (Å²) in [6.07, 6.45) is 6.79. The molecular formula is C19H27FN2O. The molecule has 1 aromatic carbocycles. The highest BCUT2D eigenvalue weighted by Gasteiger charge is 2.34. The van der Waals surface area contributed by atoms with Crippen molar-refractivity contribution in [2.24, 2.45) is 5.92 Å². The fourth-order valence-electron chi connectivity index (χ4n) is 4.70. The first-order valence-electron chi connectivity index (χ1n) is 9.16. The predicted molar refractivity (Wildman–Crippen MR) is 90.2 cm³/mol. The lowest BCUT2D eigenvalue weighted by Gasteiger charge is -2.38. The number of anilines is 1. The van der Waals surface area contributed by atoms with Gasteiger partial charge in [-0.3, -0.25) is 4.90 Å². The van der Waals surface area contributed by atoms with Gasteiger partial charge in [-0.05, 0) is 55.8 Å². The highest BCUT2D eigenvalue weighted by molar-refractivity contribution is 5.49. The van der Waals surface area contributed by atoms with E-state index in [9.17, 15) is 4.39 Å². The summed E-state index contributed by atoms with van der Waals surface area (Å²) in [5, 5.41) is 0. The smallest absolute Gasteiger partial charge is 0.146 e. The van der Waals surface area contributed by atoms with Crippen LogP contribution in [0.15, 0.2) is 18.2 Å². The van der Waals surface area contributed by atoms with E-state index in [4.69, 9.17) is 4.74 Å². The minimum atomic E-state index is -0.0793. The third-order valence-corrected chi connectivity index (χ3v) is 5.86. The number of fused-ring (bicyclic) bond motifs is 1. The molecule has 3 fully saturated rings. The van der Waals surface area contributed by atoms with E-state index >= 15 is 0 Å². The molecule has 0 radical (unpaired) electrons. The van der Waals surface area contributed by atoms with E-state index in [1.54, 1.807) is 6.07 Å². The van der Waals surface area contributed by atoms with Gasteiger partial charge < -0.3 is 9.64 Å². The fraction of sp³-hybridized carbons (Fsp3) is 0.684. The van der Waals surface area contributed by atoms with Gasteiger partial charge in [0.1, 0.15) is 5.82 Å². The molecule has 1 aromatic rings. The van der Waals surface area contributed by atoms with Gasteiger partial charge in [-0.15, -0.1) is 0 Å². The molecule has 3 aliphatic rings. The Labute approximate surface area is 138 Å². The van der Waals surface area contributed by atoms with Gasteiger partial charge in [0.05, 0.1) is 18.9 Å². The molecule has 126 valence electrons. The van der Waals surface area contributed by atoms with Crippen LogP contribution in [0.1, 0.15) is 37.7 Å². The first kappa shape index (κ1) is 15.4. The highest BCUT2D eigenvalue weighted by Crippen LogP contribution is 2.37. The number of hydrogen-bond donors (Lipinski definition) is 0. The van der Waals surface area contributed by atoms with Crippen molar-refractivity contribution in [2.45, 2.75) is 44.7 Å². The summed E-state index contributed by atoms with van der Waals surface area (Å²) in [4.78, 5) is 4.70. The van der Waals surface area contributed by atoms with Crippen molar-refractivity contribution in [1.82, 2.24) is 4.90 Å². The Morgan fingerprint density at radius 3 is 2.70 bits per heavy atom. The third kappa shape index (κ3) is 3.24. The summed E-state index contributed by atoms with van der Waals surface area (Å²) < 4.78 is 19.9. The van der Waals surface area contributed by atoms with Crippen LogP contribution in [0, 0.1) is 11.7 Å². The van der Waals surface area contributed by atoms with Gasteiger partial charge in [0.2, 0.25) is 0 Å². The number of morpholine rings is 1. The van der Waals surface area contributed by atoms with E-state index in [1.165, 1.54) is 38.6 Å². The Hall–Kier alpha value is -1.13. The molecule has 0 aromatic heterocycles. The quantitative estimate of drug-likeness (QED) is 0.849. The van der Waals surface area contributed by atoms with Crippen molar-refractivity contribution in [3.05, 3.63) is 29.6 Å². The third-order valence-electron chi connectivity index (χ3n) is 5.86. The topological polar surface area (TPSA) is 15.7 Å². The Bertz CT molecular complexity index is 544. The van der Waals surface area contributed by atoms with Gasteiger partial charge in [0, 0.05) is 25.7 Å². The van der Waals surface area contributed by atoms with Crippen molar-refractivity contribution in [1.29, 1.82) is 0 Å². The molecule has 1 saturated carbocycles. The monoisotopic (exact) mass is 318 g/mol. The SMILES string of the molecule is Fc1cc(CN2CCCC3CCCC32)ccc1N1CCOCC1. The first-order valence-corrected chi connectivity index (χ1v) is 9.16. The maximum atomic E-state index is 14.6. The standard InChI is InChI=1S/C19H27FN2O/c20-17-13-15(6-7-19(17)21-9-11-23-12-10-21)14-22-8-2-4-16-3-1-5-18(16)22/h6-7,13,16,18H,1-5,8-12,14H2. The summed E-state index contributed by atoms with van der Waals surface area (Å²) in [6.45, 7) is 5.03. The Kier molecular flexibility index (Phi) is 4.54. The number of halogens is 1. The molecular weight excluding hydrogens is 291 g/mol. The molecule has 4 heteroatoms. The zero-order valence-electron chi connectivity index (χ0n) is 13.8. The largest absolute Gasteiger partial charge is 0.378 e.